The monoisotopic (exact) mass is 437 g/mol. The second-order valence-corrected chi connectivity index (χ2v) is 6.40. The fourth-order valence-corrected chi connectivity index (χ4v) is 3.07. The van der Waals surface area contributed by atoms with Crippen LogP contribution in [0.2, 0.25) is 10.0 Å². The van der Waals surface area contributed by atoms with Gasteiger partial charge in [-0.15, -0.1) is 0 Å². The van der Waals surface area contributed by atoms with E-state index in [1.807, 2.05) is 0 Å². The van der Waals surface area contributed by atoms with Crippen LogP contribution >= 0.6 is 35.0 Å². The third-order valence-electron chi connectivity index (χ3n) is 2.96. The van der Waals surface area contributed by atoms with Crippen LogP contribution in [0.25, 0.3) is 5.69 Å². The van der Waals surface area contributed by atoms with Crippen molar-refractivity contribution in [1.29, 1.82) is 5.26 Å². The molecule has 0 fully saturated rings. The average Bonchev–Trinajstić information content (AvgIpc) is 2.81. The maximum Gasteiger partial charge on any atom is 0.416 e. The Balaban J connectivity index is 2.71. The van der Waals surface area contributed by atoms with Gasteiger partial charge in [0.25, 0.3) is 5.76 Å². The quantitative estimate of drug-likeness (QED) is 0.540. The van der Waals surface area contributed by atoms with Crippen molar-refractivity contribution >= 4 is 35.0 Å². The highest BCUT2D eigenvalue weighted by atomic mass is 35.5. The number of hydrogen-bond donors (Lipinski definition) is 0. The van der Waals surface area contributed by atoms with Crippen molar-refractivity contribution in [1.82, 2.24) is 9.78 Å². The van der Waals surface area contributed by atoms with Gasteiger partial charge in [-0.25, -0.2) is 13.5 Å². The van der Waals surface area contributed by atoms with E-state index in [0.29, 0.717) is 10.7 Å². The molecular formula is C13H4Cl2F7N3S. The molecule has 0 amide bonds. The number of alkyl halides is 6. The standard InChI is InChI=1S/C13H4Cl2F7N3S/c14-5-1-4(13(20,21)22)2-6(16)9(5)25-10(11(17)26-12(18)19)8(15)7(3-23)24-25/h1-2,11-12H. The lowest BCUT2D eigenvalue weighted by Gasteiger charge is -2.15. The molecule has 0 bridgehead atoms. The lowest BCUT2D eigenvalue weighted by atomic mass is 10.2. The molecule has 3 nitrogen and oxygen atoms in total. The second kappa shape index (κ2) is 7.54. The van der Waals surface area contributed by atoms with E-state index in [1.165, 1.54) is 6.07 Å². The van der Waals surface area contributed by atoms with E-state index in [1.54, 1.807) is 0 Å². The van der Waals surface area contributed by atoms with Crippen molar-refractivity contribution in [3.8, 4) is 11.8 Å². The number of hydrogen-bond acceptors (Lipinski definition) is 3. The van der Waals surface area contributed by atoms with E-state index in [2.05, 4.69) is 5.10 Å². The molecular weight excluding hydrogens is 434 g/mol. The fourth-order valence-electron chi connectivity index (χ4n) is 1.94. The number of nitrogens with zero attached hydrogens (tertiary/aromatic N) is 3. The molecule has 0 aliphatic heterocycles. The van der Waals surface area contributed by atoms with E-state index in [-0.39, 0.29) is 6.07 Å². The largest absolute Gasteiger partial charge is 0.416 e. The van der Waals surface area contributed by atoms with E-state index < -0.39 is 67.7 Å². The number of nitriles is 1. The van der Waals surface area contributed by atoms with Gasteiger partial charge in [-0.05, 0) is 23.9 Å². The Bertz CT molecular complexity index is 853. The Kier molecular flexibility index (Phi) is 5.99. The zero-order valence-corrected chi connectivity index (χ0v) is 14.3. The van der Waals surface area contributed by atoms with Gasteiger partial charge in [0, 0.05) is 0 Å². The highest BCUT2D eigenvalue weighted by Crippen LogP contribution is 2.42. The zero-order chi connectivity index (χ0) is 19.8. The molecule has 0 saturated carbocycles. The molecule has 140 valence electrons. The molecule has 13 heteroatoms. The van der Waals surface area contributed by atoms with Gasteiger partial charge in [0.2, 0.25) is 0 Å². The summed E-state index contributed by atoms with van der Waals surface area (Å²) < 4.78 is 91.6. The van der Waals surface area contributed by atoms with E-state index in [0.717, 1.165) is 0 Å². The zero-order valence-electron chi connectivity index (χ0n) is 12.0. The van der Waals surface area contributed by atoms with Crippen molar-refractivity contribution < 1.29 is 30.7 Å². The number of benzene rings is 1. The van der Waals surface area contributed by atoms with Crippen LogP contribution in [0, 0.1) is 17.1 Å². The lowest BCUT2D eigenvalue weighted by molar-refractivity contribution is -0.137. The first kappa shape index (κ1) is 20.7. The highest BCUT2D eigenvalue weighted by molar-refractivity contribution is 7.99. The van der Waals surface area contributed by atoms with Crippen molar-refractivity contribution in [2.45, 2.75) is 17.4 Å². The van der Waals surface area contributed by atoms with Crippen LogP contribution in [-0.2, 0) is 6.18 Å². The molecule has 0 aliphatic carbocycles. The molecule has 0 radical (unpaired) electrons. The minimum absolute atomic E-state index is 0.0696. The van der Waals surface area contributed by atoms with Crippen LogP contribution in [0.5, 0.6) is 0 Å². The van der Waals surface area contributed by atoms with Crippen molar-refractivity contribution in [3.63, 3.8) is 0 Å². The van der Waals surface area contributed by atoms with Crippen molar-refractivity contribution in [2.75, 3.05) is 0 Å². The van der Waals surface area contributed by atoms with Crippen LogP contribution in [-0.4, -0.2) is 15.5 Å². The molecule has 1 aromatic carbocycles. The number of halogens is 9. The summed E-state index contributed by atoms with van der Waals surface area (Å²) in [6.45, 7) is 0. The van der Waals surface area contributed by atoms with Crippen LogP contribution in [0.1, 0.15) is 22.5 Å². The van der Waals surface area contributed by atoms with Gasteiger partial charge in [-0.2, -0.15) is 32.3 Å². The van der Waals surface area contributed by atoms with Crippen LogP contribution in [0.4, 0.5) is 30.7 Å². The van der Waals surface area contributed by atoms with E-state index >= 15 is 0 Å². The molecule has 0 N–H and O–H groups in total. The molecule has 1 heterocycles. The third kappa shape index (κ3) is 4.02. The fraction of sp³-hybridized carbons (Fsp3) is 0.231. The topological polar surface area (TPSA) is 41.6 Å². The van der Waals surface area contributed by atoms with Crippen molar-refractivity contribution in [3.05, 3.63) is 44.9 Å². The predicted octanol–water partition coefficient (Wildman–Crippen LogP) is 6.13. The molecule has 0 aliphatic rings. The number of rotatable bonds is 4. The van der Waals surface area contributed by atoms with Gasteiger partial charge >= 0.3 is 6.18 Å². The van der Waals surface area contributed by atoms with Gasteiger partial charge in [0.15, 0.2) is 17.0 Å². The summed E-state index contributed by atoms with van der Waals surface area (Å²) in [6.07, 6.45) is -4.92. The SMILES string of the molecule is N#Cc1nn(-c2c(F)cc(C(F)(F)F)cc2Cl)c(C(F)SC(F)F)c1Cl. The molecule has 2 rings (SSSR count). The van der Waals surface area contributed by atoms with Crippen LogP contribution in [0.3, 0.4) is 0 Å². The molecule has 2 aromatic rings. The van der Waals surface area contributed by atoms with E-state index in [4.69, 9.17) is 28.5 Å². The molecule has 1 atom stereocenters. The maximum absolute atomic E-state index is 14.2. The highest BCUT2D eigenvalue weighted by Gasteiger charge is 2.34. The first-order chi connectivity index (χ1) is 12.0. The summed E-state index contributed by atoms with van der Waals surface area (Å²) in [5.41, 5.74) is -6.35. The molecule has 26 heavy (non-hydrogen) atoms. The lowest BCUT2D eigenvalue weighted by Crippen LogP contribution is -2.11. The molecule has 0 spiro atoms. The smallest absolute Gasteiger partial charge is 0.228 e. The Morgan fingerprint density at radius 2 is 1.81 bits per heavy atom. The molecule has 1 aromatic heterocycles. The Morgan fingerprint density at radius 1 is 1.19 bits per heavy atom. The number of thioether (sulfide) groups is 1. The Morgan fingerprint density at radius 3 is 2.27 bits per heavy atom. The normalized spacial score (nSPS) is 13.1. The van der Waals surface area contributed by atoms with Gasteiger partial charge in [-0.1, -0.05) is 23.2 Å². The van der Waals surface area contributed by atoms with Crippen LogP contribution in [0.15, 0.2) is 12.1 Å². The average molecular weight is 438 g/mol. The van der Waals surface area contributed by atoms with Crippen LogP contribution < -0.4 is 0 Å². The van der Waals surface area contributed by atoms with Gasteiger partial charge < -0.3 is 0 Å². The Labute approximate surface area is 155 Å². The first-order valence-electron chi connectivity index (χ1n) is 6.30. The summed E-state index contributed by atoms with van der Waals surface area (Å²) >= 11 is 10.8. The summed E-state index contributed by atoms with van der Waals surface area (Å²) in [7, 11) is 0. The van der Waals surface area contributed by atoms with Gasteiger partial charge in [0.05, 0.1) is 10.6 Å². The minimum atomic E-state index is -4.92. The maximum atomic E-state index is 14.2. The predicted molar refractivity (Wildman–Crippen MR) is 80.7 cm³/mol. The van der Waals surface area contributed by atoms with E-state index in [9.17, 15) is 30.7 Å². The minimum Gasteiger partial charge on any atom is -0.228 e. The third-order valence-corrected chi connectivity index (χ3v) is 4.29. The summed E-state index contributed by atoms with van der Waals surface area (Å²) in [5, 5.41) is 10.8. The summed E-state index contributed by atoms with van der Waals surface area (Å²) in [6, 6.07) is 1.85. The summed E-state index contributed by atoms with van der Waals surface area (Å²) in [4.78, 5) is 0. The second-order valence-electron chi connectivity index (χ2n) is 4.57. The number of aromatic nitrogens is 2. The van der Waals surface area contributed by atoms with Gasteiger partial charge in [-0.3, -0.25) is 0 Å². The molecule has 1 unspecified atom stereocenters. The van der Waals surface area contributed by atoms with Crippen molar-refractivity contribution in [2.24, 2.45) is 0 Å². The summed E-state index contributed by atoms with van der Waals surface area (Å²) in [5.74, 6) is -4.76. The first-order valence-corrected chi connectivity index (χ1v) is 8.00. The Hall–Kier alpha value is -1.64. The molecule has 0 saturated heterocycles. The van der Waals surface area contributed by atoms with Gasteiger partial charge in [0.1, 0.15) is 22.5 Å².